The van der Waals surface area contributed by atoms with Crippen LogP contribution in [-0.4, -0.2) is 45.4 Å². The molecular weight excluding hydrogens is 266 g/mol. The van der Waals surface area contributed by atoms with E-state index in [1.807, 2.05) is 25.1 Å². The molecule has 0 aromatic carbocycles. The van der Waals surface area contributed by atoms with Crippen molar-refractivity contribution in [3.63, 3.8) is 0 Å². The van der Waals surface area contributed by atoms with Crippen LogP contribution in [0.4, 0.5) is 0 Å². The molecule has 5 heteroatoms. The lowest BCUT2D eigenvalue weighted by Gasteiger charge is -2.34. The Morgan fingerprint density at radius 3 is 2.52 bits per heavy atom. The van der Waals surface area contributed by atoms with Crippen LogP contribution in [0, 0.1) is 5.92 Å². The molecule has 0 bridgehead atoms. The fraction of sp³-hybridized carbons (Fsp3) is 0.750. The van der Waals surface area contributed by atoms with Gasteiger partial charge in [-0.15, -0.1) is 0 Å². The molecule has 0 aliphatic heterocycles. The lowest BCUT2D eigenvalue weighted by atomic mass is 9.86. The zero-order valence-corrected chi connectivity index (χ0v) is 13.5. The molecule has 2 rings (SSSR count). The maximum Gasteiger partial charge on any atom is 0.272 e. The Labute approximate surface area is 126 Å². The highest BCUT2D eigenvalue weighted by Gasteiger charge is 2.28. The molecule has 1 N–H and O–H groups in total. The smallest absolute Gasteiger partial charge is 0.272 e. The highest BCUT2D eigenvalue weighted by atomic mass is 16.3. The summed E-state index contributed by atoms with van der Waals surface area (Å²) >= 11 is 0. The molecule has 0 spiro atoms. The lowest BCUT2D eigenvalue weighted by Crippen LogP contribution is -2.40. The Bertz CT molecular complexity index is 488. The number of aromatic nitrogens is 2. The Kier molecular flexibility index (Phi) is 5.04. The van der Waals surface area contributed by atoms with Crippen molar-refractivity contribution in [1.29, 1.82) is 0 Å². The van der Waals surface area contributed by atoms with Crippen molar-refractivity contribution >= 4 is 5.91 Å². The van der Waals surface area contributed by atoms with Crippen LogP contribution in [0.2, 0.25) is 0 Å². The normalized spacial score (nSPS) is 22.6. The molecule has 0 radical (unpaired) electrons. The highest BCUT2D eigenvalue weighted by Crippen LogP contribution is 2.27. The molecule has 1 aromatic heterocycles. The number of carbonyl (C=O) groups excluding carboxylic acids is 1. The Morgan fingerprint density at radius 2 is 2.05 bits per heavy atom. The summed E-state index contributed by atoms with van der Waals surface area (Å²) in [4.78, 5) is 14.5. The van der Waals surface area contributed by atoms with E-state index in [1.165, 1.54) is 0 Å². The zero-order chi connectivity index (χ0) is 15.6. The van der Waals surface area contributed by atoms with Gasteiger partial charge in [0.1, 0.15) is 5.69 Å². The number of aryl methyl sites for hydroxylation is 1. The summed E-state index contributed by atoms with van der Waals surface area (Å²) in [6.07, 6.45) is 3.95. The fourth-order valence-corrected chi connectivity index (χ4v) is 3.03. The number of nitrogens with zero attached hydrogens (tertiary/aromatic N) is 3. The van der Waals surface area contributed by atoms with Gasteiger partial charge in [-0.1, -0.05) is 13.8 Å². The van der Waals surface area contributed by atoms with Gasteiger partial charge in [-0.2, -0.15) is 5.10 Å². The molecule has 0 saturated heterocycles. The summed E-state index contributed by atoms with van der Waals surface area (Å²) in [5, 5.41) is 13.6. The summed E-state index contributed by atoms with van der Waals surface area (Å²) in [7, 11) is 3.71. The van der Waals surface area contributed by atoms with Gasteiger partial charge in [0.2, 0.25) is 0 Å². The summed E-state index contributed by atoms with van der Waals surface area (Å²) in [5.74, 6) is 0.779. The average Bonchev–Trinajstić information content (AvgIpc) is 2.88. The minimum atomic E-state index is 0.0457. The molecule has 118 valence electrons. The third-order valence-corrected chi connectivity index (χ3v) is 4.65. The van der Waals surface area contributed by atoms with Crippen LogP contribution >= 0.6 is 0 Å². The first kappa shape index (κ1) is 16.0. The van der Waals surface area contributed by atoms with E-state index < -0.39 is 0 Å². The topological polar surface area (TPSA) is 58.4 Å². The van der Waals surface area contributed by atoms with Crippen LogP contribution in [-0.2, 0) is 7.05 Å². The highest BCUT2D eigenvalue weighted by molar-refractivity contribution is 5.92. The summed E-state index contributed by atoms with van der Waals surface area (Å²) in [5.41, 5.74) is 1.61. The second-order valence-electron chi connectivity index (χ2n) is 6.51. The molecule has 0 unspecified atom stereocenters. The Balaban J connectivity index is 2.06. The standard InChI is InChI=1S/C16H27N3O2/c1-11(2)14-9-15(19(4)17-14)16(21)18(3)13-7-5-12(10-20)6-8-13/h9,11-13,20H,5-8,10H2,1-4H3. The maximum absolute atomic E-state index is 12.7. The van der Waals surface area contributed by atoms with Crippen molar-refractivity contribution in [2.45, 2.75) is 51.5 Å². The molecule has 1 heterocycles. The molecule has 1 amide bonds. The third kappa shape index (κ3) is 3.46. The number of hydrogen-bond donors (Lipinski definition) is 1. The minimum absolute atomic E-state index is 0.0457. The number of aliphatic hydroxyl groups excluding tert-OH is 1. The van der Waals surface area contributed by atoms with Gasteiger partial charge in [-0.05, 0) is 43.6 Å². The first-order chi connectivity index (χ1) is 9.93. The monoisotopic (exact) mass is 293 g/mol. The van der Waals surface area contributed by atoms with Crippen molar-refractivity contribution in [3.8, 4) is 0 Å². The maximum atomic E-state index is 12.7. The Morgan fingerprint density at radius 1 is 1.43 bits per heavy atom. The van der Waals surface area contributed by atoms with Crippen LogP contribution in [0.15, 0.2) is 6.07 Å². The number of hydrogen-bond acceptors (Lipinski definition) is 3. The largest absolute Gasteiger partial charge is 0.396 e. The van der Waals surface area contributed by atoms with Crippen molar-refractivity contribution in [1.82, 2.24) is 14.7 Å². The molecular formula is C16H27N3O2. The number of carbonyl (C=O) groups is 1. The Hall–Kier alpha value is -1.36. The molecule has 1 aliphatic carbocycles. The van der Waals surface area contributed by atoms with Gasteiger partial charge < -0.3 is 10.0 Å². The van der Waals surface area contributed by atoms with E-state index in [1.54, 1.807) is 4.68 Å². The van der Waals surface area contributed by atoms with Gasteiger partial charge in [-0.3, -0.25) is 9.48 Å². The van der Waals surface area contributed by atoms with Crippen LogP contribution in [0.1, 0.15) is 61.6 Å². The summed E-state index contributed by atoms with van der Waals surface area (Å²) in [6, 6.07) is 2.18. The molecule has 5 nitrogen and oxygen atoms in total. The summed E-state index contributed by atoms with van der Waals surface area (Å²) in [6.45, 7) is 4.43. The summed E-state index contributed by atoms with van der Waals surface area (Å²) < 4.78 is 1.69. The number of aliphatic hydroxyl groups is 1. The molecule has 1 aromatic rings. The SMILES string of the molecule is CC(C)c1cc(C(=O)N(C)C2CCC(CO)CC2)n(C)n1. The van der Waals surface area contributed by atoms with Gasteiger partial charge >= 0.3 is 0 Å². The van der Waals surface area contributed by atoms with E-state index >= 15 is 0 Å². The van der Waals surface area contributed by atoms with E-state index in [9.17, 15) is 9.90 Å². The molecule has 1 fully saturated rings. The van der Waals surface area contributed by atoms with E-state index in [4.69, 9.17) is 0 Å². The predicted octanol–water partition coefficient (Wildman–Crippen LogP) is 2.17. The van der Waals surface area contributed by atoms with Crippen molar-refractivity contribution in [2.24, 2.45) is 13.0 Å². The van der Waals surface area contributed by atoms with Gasteiger partial charge in [0, 0.05) is 26.7 Å². The average molecular weight is 293 g/mol. The van der Waals surface area contributed by atoms with Gasteiger partial charge in [-0.25, -0.2) is 0 Å². The number of rotatable bonds is 4. The van der Waals surface area contributed by atoms with E-state index in [0.717, 1.165) is 31.4 Å². The lowest BCUT2D eigenvalue weighted by molar-refractivity contribution is 0.0642. The van der Waals surface area contributed by atoms with Crippen molar-refractivity contribution in [2.75, 3.05) is 13.7 Å². The molecule has 0 atom stereocenters. The van der Waals surface area contributed by atoms with Crippen molar-refractivity contribution < 1.29 is 9.90 Å². The van der Waals surface area contributed by atoms with Gasteiger partial charge in [0.05, 0.1) is 5.69 Å². The second kappa shape index (κ2) is 6.60. The first-order valence-electron chi connectivity index (χ1n) is 7.86. The molecule has 1 saturated carbocycles. The van der Waals surface area contributed by atoms with Crippen LogP contribution in [0.5, 0.6) is 0 Å². The molecule has 1 aliphatic rings. The van der Waals surface area contributed by atoms with Gasteiger partial charge in [0.15, 0.2) is 0 Å². The number of amides is 1. The van der Waals surface area contributed by atoms with Crippen LogP contribution in [0.3, 0.4) is 0 Å². The molecule has 21 heavy (non-hydrogen) atoms. The fourth-order valence-electron chi connectivity index (χ4n) is 3.03. The zero-order valence-electron chi connectivity index (χ0n) is 13.5. The van der Waals surface area contributed by atoms with Crippen molar-refractivity contribution in [3.05, 3.63) is 17.5 Å². The van der Waals surface area contributed by atoms with E-state index in [0.29, 0.717) is 17.5 Å². The van der Waals surface area contributed by atoms with E-state index in [-0.39, 0.29) is 18.6 Å². The first-order valence-corrected chi connectivity index (χ1v) is 7.86. The van der Waals surface area contributed by atoms with Crippen LogP contribution < -0.4 is 0 Å². The quantitative estimate of drug-likeness (QED) is 0.925. The predicted molar refractivity (Wildman–Crippen MR) is 82.2 cm³/mol. The second-order valence-corrected chi connectivity index (χ2v) is 6.51. The van der Waals surface area contributed by atoms with Crippen LogP contribution in [0.25, 0.3) is 0 Å². The third-order valence-electron chi connectivity index (χ3n) is 4.65. The van der Waals surface area contributed by atoms with Gasteiger partial charge in [0.25, 0.3) is 5.91 Å². The minimum Gasteiger partial charge on any atom is -0.396 e. The van der Waals surface area contributed by atoms with E-state index in [2.05, 4.69) is 18.9 Å².